The molecular weight excluding hydrogens is 134 g/mol. The molecule has 0 unspecified atom stereocenters. The summed E-state index contributed by atoms with van der Waals surface area (Å²) in [6, 6.07) is 4.19. The van der Waals surface area contributed by atoms with E-state index in [0.29, 0.717) is 0 Å². The molecule has 1 aromatic rings. The van der Waals surface area contributed by atoms with E-state index >= 15 is 0 Å². The van der Waals surface area contributed by atoms with Gasteiger partial charge in [-0.15, -0.1) is 0 Å². The fourth-order valence-electron chi connectivity index (χ4n) is 1.37. The van der Waals surface area contributed by atoms with Gasteiger partial charge in [0.05, 0.1) is 0 Å². The molecule has 0 amide bonds. The summed E-state index contributed by atoms with van der Waals surface area (Å²) in [4.78, 5) is 4.26. The third-order valence-electron chi connectivity index (χ3n) is 1.84. The third kappa shape index (κ3) is 1.79. The van der Waals surface area contributed by atoms with Crippen LogP contribution < -0.4 is 0 Å². The van der Waals surface area contributed by atoms with Gasteiger partial charge < -0.3 is 0 Å². The zero-order valence-corrected chi connectivity index (χ0v) is 7.30. The SMILES string of the molecule is CC.c1cnc2c(c1)CCC2. The van der Waals surface area contributed by atoms with Crippen LogP contribution in [0.5, 0.6) is 0 Å². The van der Waals surface area contributed by atoms with E-state index in [1.165, 1.54) is 30.5 Å². The number of rotatable bonds is 0. The summed E-state index contributed by atoms with van der Waals surface area (Å²) in [7, 11) is 0. The van der Waals surface area contributed by atoms with Crippen LogP contribution in [0.15, 0.2) is 18.3 Å². The van der Waals surface area contributed by atoms with Crippen LogP contribution in [0.1, 0.15) is 31.5 Å². The van der Waals surface area contributed by atoms with Crippen LogP contribution in [0.2, 0.25) is 0 Å². The van der Waals surface area contributed by atoms with Gasteiger partial charge in [0, 0.05) is 11.9 Å². The zero-order chi connectivity index (χ0) is 8.10. The lowest BCUT2D eigenvalue weighted by Crippen LogP contribution is -1.83. The fourth-order valence-corrected chi connectivity index (χ4v) is 1.37. The van der Waals surface area contributed by atoms with Gasteiger partial charge in [0.1, 0.15) is 0 Å². The van der Waals surface area contributed by atoms with E-state index in [-0.39, 0.29) is 0 Å². The van der Waals surface area contributed by atoms with Crippen molar-refractivity contribution in [3.8, 4) is 0 Å². The van der Waals surface area contributed by atoms with Gasteiger partial charge in [0.15, 0.2) is 0 Å². The van der Waals surface area contributed by atoms with Crippen molar-refractivity contribution in [2.75, 3.05) is 0 Å². The van der Waals surface area contributed by atoms with Crippen LogP contribution in [0.4, 0.5) is 0 Å². The van der Waals surface area contributed by atoms with Crippen molar-refractivity contribution in [3.05, 3.63) is 29.6 Å². The topological polar surface area (TPSA) is 12.9 Å². The number of aryl methyl sites for hydroxylation is 2. The second-order valence-electron chi connectivity index (χ2n) is 2.46. The standard InChI is InChI=1S/C8H9N.C2H6/c1-3-7-4-2-6-9-8(7)5-1;1-2/h2,4,6H,1,3,5H2;1-2H3. The molecule has 0 saturated heterocycles. The lowest BCUT2D eigenvalue weighted by molar-refractivity contribution is 0.899. The van der Waals surface area contributed by atoms with Crippen molar-refractivity contribution in [2.45, 2.75) is 33.1 Å². The highest BCUT2D eigenvalue weighted by atomic mass is 14.7. The summed E-state index contributed by atoms with van der Waals surface area (Å²) in [6.07, 6.45) is 5.61. The lowest BCUT2D eigenvalue weighted by Gasteiger charge is -1.92. The molecule has 0 radical (unpaired) electrons. The largest absolute Gasteiger partial charge is 0.261 e. The number of hydrogen-bond donors (Lipinski definition) is 0. The Hall–Kier alpha value is -0.850. The van der Waals surface area contributed by atoms with E-state index in [1.807, 2.05) is 26.1 Å². The molecule has 0 N–H and O–H groups in total. The summed E-state index contributed by atoms with van der Waals surface area (Å²) >= 11 is 0. The summed E-state index contributed by atoms with van der Waals surface area (Å²) in [5.74, 6) is 0. The first-order valence-corrected chi connectivity index (χ1v) is 4.39. The molecule has 2 rings (SSSR count). The van der Waals surface area contributed by atoms with E-state index in [9.17, 15) is 0 Å². The van der Waals surface area contributed by atoms with Crippen molar-refractivity contribution in [3.63, 3.8) is 0 Å². The molecule has 1 nitrogen and oxygen atoms in total. The molecular formula is C10H15N. The van der Waals surface area contributed by atoms with Crippen LogP contribution in [0.3, 0.4) is 0 Å². The molecule has 0 spiro atoms. The van der Waals surface area contributed by atoms with Crippen molar-refractivity contribution >= 4 is 0 Å². The maximum atomic E-state index is 4.26. The molecule has 1 aliphatic carbocycles. The number of nitrogens with zero attached hydrogens (tertiary/aromatic N) is 1. The van der Waals surface area contributed by atoms with Crippen molar-refractivity contribution < 1.29 is 0 Å². The second kappa shape index (κ2) is 4.12. The highest BCUT2D eigenvalue weighted by Crippen LogP contribution is 2.17. The normalized spacial score (nSPS) is 13.3. The van der Waals surface area contributed by atoms with Gasteiger partial charge in [-0.05, 0) is 30.9 Å². The Bertz CT molecular complexity index is 195. The quantitative estimate of drug-likeness (QED) is 0.552. The molecule has 60 valence electrons. The van der Waals surface area contributed by atoms with Crippen LogP contribution in [-0.4, -0.2) is 4.98 Å². The zero-order valence-electron chi connectivity index (χ0n) is 7.30. The maximum absolute atomic E-state index is 4.26. The van der Waals surface area contributed by atoms with E-state index in [1.54, 1.807) is 0 Å². The Labute approximate surface area is 68.5 Å². The molecule has 1 heteroatoms. The summed E-state index contributed by atoms with van der Waals surface area (Å²) < 4.78 is 0. The van der Waals surface area contributed by atoms with Crippen molar-refractivity contribution in [1.82, 2.24) is 4.98 Å². The van der Waals surface area contributed by atoms with Gasteiger partial charge >= 0.3 is 0 Å². The summed E-state index contributed by atoms with van der Waals surface area (Å²) in [5.41, 5.74) is 2.77. The van der Waals surface area contributed by atoms with Crippen LogP contribution >= 0.6 is 0 Å². The van der Waals surface area contributed by atoms with E-state index in [2.05, 4.69) is 11.1 Å². The minimum absolute atomic E-state index is 1.19. The molecule has 0 atom stereocenters. The van der Waals surface area contributed by atoms with E-state index in [4.69, 9.17) is 0 Å². The Morgan fingerprint density at radius 2 is 2.09 bits per heavy atom. The Kier molecular flexibility index (Phi) is 3.09. The molecule has 1 heterocycles. The minimum Gasteiger partial charge on any atom is -0.261 e. The van der Waals surface area contributed by atoms with Gasteiger partial charge in [-0.3, -0.25) is 4.98 Å². The number of fused-ring (bicyclic) bond motifs is 1. The Morgan fingerprint density at radius 3 is 2.82 bits per heavy atom. The Balaban J connectivity index is 0.000000281. The smallest absolute Gasteiger partial charge is 0.0435 e. The third-order valence-corrected chi connectivity index (χ3v) is 1.84. The van der Waals surface area contributed by atoms with Gasteiger partial charge in [-0.2, -0.15) is 0 Å². The Morgan fingerprint density at radius 1 is 1.27 bits per heavy atom. The molecule has 0 bridgehead atoms. The number of hydrogen-bond acceptors (Lipinski definition) is 1. The van der Waals surface area contributed by atoms with Crippen LogP contribution in [0.25, 0.3) is 0 Å². The van der Waals surface area contributed by atoms with Crippen molar-refractivity contribution in [1.29, 1.82) is 0 Å². The van der Waals surface area contributed by atoms with Gasteiger partial charge in [0.25, 0.3) is 0 Å². The van der Waals surface area contributed by atoms with Crippen molar-refractivity contribution in [2.24, 2.45) is 0 Å². The monoisotopic (exact) mass is 149 g/mol. The number of pyridine rings is 1. The summed E-state index contributed by atoms with van der Waals surface area (Å²) in [5, 5.41) is 0. The number of aromatic nitrogens is 1. The highest BCUT2D eigenvalue weighted by molar-refractivity contribution is 5.23. The fraction of sp³-hybridized carbons (Fsp3) is 0.500. The maximum Gasteiger partial charge on any atom is 0.0435 e. The molecule has 0 saturated carbocycles. The first-order valence-electron chi connectivity index (χ1n) is 4.39. The second-order valence-corrected chi connectivity index (χ2v) is 2.46. The molecule has 0 aromatic carbocycles. The first kappa shape index (κ1) is 8.25. The van der Waals surface area contributed by atoms with Crippen LogP contribution in [-0.2, 0) is 12.8 Å². The average molecular weight is 149 g/mol. The highest BCUT2D eigenvalue weighted by Gasteiger charge is 2.08. The van der Waals surface area contributed by atoms with Crippen LogP contribution in [0, 0.1) is 0 Å². The molecule has 0 fully saturated rings. The van der Waals surface area contributed by atoms with Gasteiger partial charge in [0.2, 0.25) is 0 Å². The summed E-state index contributed by atoms with van der Waals surface area (Å²) in [6.45, 7) is 4.00. The predicted molar refractivity (Wildman–Crippen MR) is 47.6 cm³/mol. The van der Waals surface area contributed by atoms with Gasteiger partial charge in [-0.1, -0.05) is 19.9 Å². The molecule has 11 heavy (non-hydrogen) atoms. The first-order chi connectivity index (χ1) is 5.47. The van der Waals surface area contributed by atoms with Gasteiger partial charge in [-0.25, -0.2) is 0 Å². The lowest BCUT2D eigenvalue weighted by atomic mass is 10.2. The molecule has 1 aliphatic rings. The predicted octanol–water partition coefficient (Wildman–Crippen LogP) is 2.60. The average Bonchev–Trinajstić information content (AvgIpc) is 2.55. The molecule has 1 aromatic heterocycles. The molecule has 0 aliphatic heterocycles. The minimum atomic E-state index is 1.19. The van der Waals surface area contributed by atoms with E-state index < -0.39 is 0 Å². The van der Waals surface area contributed by atoms with E-state index in [0.717, 1.165) is 0 Å².